The van der Waals surface area contributed by atoms with Crippen molar-refractivity contribution < 1.29 is 0 Å². The van der Waals surface area contributed by atoms with Crippen LogP contribution in [0.4, 0.5) is 0 Å². The van der Waals surface area contributed by atoms with E-state index < -0.39 is 0 Å². The van der Waals surface area contributed by atoms with Crippen LogP contribution in [0.3, 0.4) is 0 Å². The maximum absolute atomic E-state index is 12.9. The molecule has 0 saturated heterocycles. The molecule has 0 bridgehead atoms. The Morgan fingerprint density at radius 2 is 1.60 bits per heavy atom. The van der Waals surface area contributed by atoms with E-state index in [0.29, 0.717) is 16.2 Å². The zero-order valence-electron chi connectivity index (χ0n) is 13.8. The fraction of sp³-hybridized carbons (Fsp3) is 0.105. The Morgan fingerprint density at radius 3 is 2.32 bits per heavy atom. The quantitative estimate of drug-likeness (QED) is 0.552. The molecule has 5 nitrogen and oxygen atoms in total. The zero-order chi connectivity index (χ0) is 17.6. The number of hydrogen-bond donors (Lipinski definition) is 0. The Bertz CT molecular complexity index is 1150. The smallest absolute Gasteiger partial charge is 0.265 e. The van der Waals surface area contributed by atoms with Crippen LogP contribution in [-0.4, -0.2) is 19.6 Å². The van der Waals surface area contributed by atoms with Crippen molar-refractivity contribution in [1.82, 2.24) is 19.6 Å². The number of rotatable bonds is 2. The van der Waals surface area contributed by atoms with Crippen LogP contribution >= 0.6 is 11.6 Å². The van der Waals surface area contributed by atoms with E-state index in [0.717, 1.165) is 22.5 Å². The molecule has 0 aliphatic carbocycles. The predicted molar refractivity (Wildman–Crippen MR) is 98.9 cm³/mol. The van der Waals surface area contributed by atoms with Crippen LogP contribution in [0.2, 0.25) is 5.02 Å². The van der Waals surface area contributed by atoms with Crippen molar-refractivity contribution in [1.29, 1.82) is 0 Å². The topological polar surface area (TPSA) is 52.7 Å². The van der Waals surface area contributed by atoms with Crippen molar-refractivity contribution >= 4 is 22.5 Å². The van der Waals surface area contributed by atoms with E-state index in [1.165, 1.54) is 4.68 Å². The summed E-state index contributed by atoms with van der Waals surface area (Å²) < 4.78 is 3.13. The fourth-order valence-corrected chi connectivity index (χ4v) is 3.22. The van der Waals surface area contributed by atoms with E-state index >= 15 is 0 Å². The molecule has 124 valence electrons. The normalized spacial score (nSPS) is 11.2. The maximum atomic E-state index is 12.9. The largest absolute Gasteiger partial charge is 0.299 e. The van der Waals surface area contributed by atoms with Gasteiger partial charge in [-0.2, -0.15) is 14.9 Å². The first-order valence-corrected chi connectivity index (χ1v) is 8.24. The Morgan fingerprint density at radius 1 is 0.880 bits per heavy atom. The van der Waals surface area contributed by atoms with Gasteiger partial charge >= 0.3 is 0 Å². The standard InChI is InChI=1S/C19H15ClN4O/c1-12-17-13(2)23(16-10-6-7-14(20)11-16)22-18(17)19(25)24(21-12)15-8-4-3-5-9-15/h3-11H,1-2H3. The number of aromatic nitrogens is 4. The van der Waals surface area contributed by atoms with Gasteiger partial charge in [-0.05, 0) is 44.2 Å². The molecule has 0 atom stereocenters. The first-order chi connectivity index (χ1) is 12.1. The van der Waals surface area contributed by atoms with E-state index in [9.17, 15) is 4.79 Å². The highest BCUT2D eigenvalue weighted by Crippen LogP contribution is 2.23. The molecule has 25 heavy (non-hydrogen) atoms. The molecule has 0 unspecified atom stereocenters. The number of fused-ring (bicyclic) bond motifs is 1. The van der Waals surface area contributed by atoms with Gasteiger partial charge in [0.15, 0.2) is 5.52 Å². The van der Waals surface area contributed by atoms with Gasteiger partial charge < -0.3 is 0 Å². The first-order valence-electron chi connectivity index (χ1n) is 7.87. The minimum Gasteiger partial charge on any atom is -0.265 e. The molecular weight excluding hydrogens is 336 g/mol. The highest BCUT2D eigenvalue weighted by atomic mass is 35.5. The lowest BCUT2D eigenvalue weighted by Crippen LogP contribution is -2.22. The summed E-state index contributed by atoms with van der Waals surface area (Å²) in [6.45, 7) is 3.81. The van der Waals surface area contributed by atoms with Crippen molar-refractivity contribution in [3.05, 3.63) is 81.4 Å². The Kier molecular flexibility index (Phi) is 3.66. The second-order valence-electron chi connectivity index (χ2n) is 5.84. The van der Waals surface area contributed by atoms with Gasteiger partial charge in [-0.25, -0.2) is 4.68 Å². The number of hydrogen-bond acceptors (Lipinski definition) is 3. The molecule has 6 heteroatoms. The van der Waals surface area contributed by atoms with Crippen molar-refractivity contribution in [2.45, 2.75) is 13.8 Å². The lowest BCUT2D eigenvalue weighted by Gasteiger charge is -2.06. The monoisotopic (exact) mass is 350 g/mol. The van der Waals surface area contributed by atoms with E-state index in [4.69, 9.17) is 11.6 Å². The predicted octanol–water partition coefficient (Wildman–Crippen LogP) is 3.84. The van der Waals surface area contributed by atoms with Crippen molar-refractivity contribution in [3.63, 3.8) is 0 Å². The molecule has 0 aliphatic heterocycles. The van der Waals surface area contributed by atoms with Crippen LogP contribution in [0.15, 0.2) is 59.4 Å². The molecule has 0 saturated carbocycles. The highest BCUT2D eigenvalue weighted by molar-refractivity contribution is 6.30. The van der Waals surface area contributed by atoms with Crippen LogP contribution in [0.5, 0.6) is 0 Å². The molecule has 0 spiro atoms. The van der Waals surface area contributed by atoms with Crippen LogP contribution < -0.4 is 5.56 Å². The molecule has 0 amide bonds. The summed E-state index contributed by atoms with van der Waals surface area (Å²) in [5.41, 5.74) is 3.30. The second kappa shape index (κ2) is 5.86. The van der Waals surface area contributed by atoms with Gasteiger partial charge in [-0.3, -0.25) is 4.79 Å². The number of halogens is 1. The third-order valence-corrected chi connectivity index (χ3v) is 4.41. The van der Waals surface area contributed by atoms with Crippen LogP contribution in [0.25, 0.3) is 22.3 Å². The first kappa shape index (κ1) is 15.6. The molecule has 2 aromatic carbocycles. The Labute approximate surface area is 149 Å². The van der Waals surface area contributed by atoms with Crippen LogP contribution in [-0.2, 0) is 0 Å². The summed E-state index contributed by atoms with van der Waals surface area (Å²) in [7, 11) is 0. The van der Waals surface area contributed by atoms with Crippen molar-refractivity contribution in [3.8, 4) is 11.4 Å². The van der Waals surface area contributed by atoms with Crippen LogP contribution in [0.1, 0.15) is 11.4 Å². The minimum absolute atomic E-state index is 0.240. The molecule has 0 N–H and O–H groups in total. The molecule has 4 rings (SSSR count). The lowest BCUT2D eigenvalue weighted by atomic mass is 10.2. The number of para-hydroxylation sites is 1. The molecule has 2 heterocycles. The lowest BCUT2D eigenvalue weighted by molar-refractivity contribution is 0.796. The molecule has 0 aliphatic rings. The van der Waals surface area contributed by atoms with Gasteiger partial charge in [-0.1, -0.05) is 35.9 Å². The number of aryl methyl sites for hydroxylation is 2. The van der Waals surface area contributed by atoms with E-state index in [1.54, 1.807) is 10.7 Å². The van der Waals surface area contributed by atoms with E-state index in [-0.39, 0.29) is 5.56 Å². The summed E-state index contributed by atoms with van der Waals surface area (Å²) in [6.07, 6.45) is 0. The maximum Gasteiger partial charge on any atom is 0.299 e. The third kappa shape index (κ3) is 2.53. The van der Waals surface area contributed by atoms with Gasteiger partial charge in [-0.15, -0.1) is 0 Å². The Balaban J connectivity index is 2.02. The average Bonchev–Trinajstić information content (AvgIpc) is 2.97. The molecule has 2 aromatic heterocycles. The Hall–Kier alpha value is -2.92. The molecule has 0 fully saturated rings. The van der Waals surface area contributed by atoms with Gasteiger partial charge in [0, 0.05) is 5.02 Å². The van der Waals surface area contributed by atoms with Gasteiger partial charge in [0.25, 0.3) is 5.56 Å². The summed E-state index contributed by atoms with van der Waals surface area (Å²) in [6, 6.07) is 16.7. The van der Waals surface area contributed by atoms with Gasteiger partial charge in [0.2, 0.25) is 0 Å². The SMILES string of the molecule is Cc1nn(-c2ccccc2)c(=O)c2nn(-c3cccc(Cl)c3)c(C)c12. The number of nitrogens with zero attached hydrogens (tertiary/aromatic N) is 4. The number of benzene rings is 2. The van der Waals surface area contributed by atoms with E-state index in [1.807, 2.05) is 62.4 Å². The van der Waals surface area contributed by atoms with Gasteiger partial charge in [0.1, 0.15) is 0 Å². The summed E-state index contributed by atoms with van der Waals surface area (Å²) in [5, 5.41) is 10.4. The third-order valence-electron chi connectivity index (χ3n) is 4.18. The molecule has 0 radical (unpaired) electrons. The highest BCUT2D eigenvalue weighted by Gasteiger charge is 2.18. The fourth-order valence-electron chi connectivity index (χ4n) is 3.03. The van der Waals surface area contributed by atoms with Crippen molar-refractivity contribution in [2.75, 3.05) is 0 Å². The summed E-state index contributed by atoms with van der Waals surface area (Å²) in [5.74, 6) is 0. The van der Waals surface area contributed by atoms with Crippen molar-refractivity contribution in [2.24, 2.45) is 0 Å². The molecular formula is C19H15ClN4O. The zero-order valence-corrected chi connectivity index (χ0v) is 14.5. The summed E-state index contributed by atoms with van der Waals surface area (Å²) >= 11 is 6.09. The van der Waals surface area contributed by atoms with Crippen LogP contribution in [0, 0.1) is 13.8 Å². The van der Waals surface area contributed by atoms with E-state index in [2.05, 4.69) is 10.2 Å². The second-order valence-corrected chi connectivity index (χ2v) is 6.28. The molecule has 4 aromatic rings. The summed E-state index contributed by atoms with van der Waals surface area (Å²) in [4.78, 5) is 12.9. The minimum atomic E-state index is -0.240. The average molecular weight is 351 g/mol. The van der Waals surface area contributed by atoms with Gasteiger partial charge in [0.05, 0.1) is 28.1 Å².